The molecule has 3 rings (SSSR count). The lowest BCUT2D eigenvalue weighted by Gasteiger charge is -2.05. The SMILES string of the molecule is O=C(Nc1ccc(C=Cc2ccccc2)cc1)c1ccc(F)cc1. The Morgan fingerprint density at radius 2 is 1.33 bits per heavy atom. The van der Waals surface area contributed by atoms with Crippen LogP contribution in [0.4, 0.5) is 10.1 Å². The molecule has 1 N–H and O–H groups in total. The largest absolute Gasteiger partial charge is 0.322 e. The molecule has 0 bridgehead atoms. The van der Waals surface area contributed by atoms with Gasteiger partial charge in [0.15, 0.2) is 0 Å². The molecule has 0 saturated heterocycles. The summed E-state index contributed by atoms with van der Waals surface area (Å²) in [6, 6.07) is 23.0. The molecule has 2 nitrogen and oxygen atoms in total. The monoisotopic (exact) mass is 317 g/mol. The van der Waals surface area contributed by atoms with E-state index >= 15 is 0 Å². The van der Waals surface area contributed by atoms with Crippen LogP contribution in [0, 0.1) is 5.82 Å². The van der Waals surface area contributed by atoms with Crippen LogP contribution in [0.5, 0.6) is 0 Å². The number of carbonyl (C=O) groups is 1. The van der Waals surface area contributed by atoms with Crippen molar-refractivity contribution in [2.75, 3.05) is 5.32 Å². The van der Waals surface area contributed by atoms with Crippen LogP contribution in [0.1, 0.15) is 21.5 Å². The summed E-state index contributed by atoms with van der Waals surface area (Å²) < 4.78 is 12.9. The topological polar surface area (TPSA) is 29.1 Å². The Kier molecular flexibility index (Phi) is 4.82. The number of carbonyl (C=O) groups excluding carboxylic acids is 1. The molecule has 3 aromatic carbocycles. The van der Waals surface area contributed by atoms with Crippen molar-refractivity contribution in [1.29, 1.82) is 0 Å². The number of hydrogen-bond donors (Lipinski definition) is 1. The van der Waals surface area contributed by atoms with E-state index in [1.807, 2.05) is 66.7 Å². The van der Waals surface area contributed by atoms with Crippen molar-refractivity contribution in [3.63, 3.8) is 0 Å². The standard InChI is InChI=1S/C21H16FNO/c22-19-12-10-18(11-13-19)21(24)23-20-14-8-17(9-15-20)7-6-16-4-2-1-3-5-16/h1-15H,(H,23,24). The van der Waals surface area contributed by atoms with Crippen molar-refractivity contribution in [3.05, 3.63) is 101 Å². The van der Waals surface area contributed by atoms with Crippen molar-refractivity contribution in [1.82, 2.24) is 0 Å². The maximum atomic E-state index is 12.9. The van der Waals surface area contributed by atoms with Crippen LogP contribution < -0.4 is 5.32 Å². The summed E-state index contributed by atoms with van der Waals surface area (Å²) in [6.45, 7) is 0. The third-order valence-electron chi connectivity index (χ3n) is 3.54. The highest BCUT2D eigenvalue weighted by Crippen LogP contribution is 2.14. The predicted molar refractivity (Wildman–Crippen MR) is 96.2 cm³/mol. The van der Waals surface area contributed by atoms with Gasteiger partial charge in [0.1, 0.15) is 5.82 Å². The highest BCUT2D eigenvalue weighted by atomic mass is 19.1. The van der Waals surface area contributed by atoms with Gasteiger partial charge in [0, 0.05) is 11.3 Å². The van der Waals surface area contributed by atoms with E-state index in [4.69, 9.17) is 0 Å². The van der Waals surface area contributed by atoms with Gasteiger partial charge in [0.2, 0.25) is 0 Å². The number of amides is 1. The molecular weight excluding hydrogens is 301 g/mol. The number of hydrogen-bond acceptors (Lipinski definition) is 1. The first-order valence-corrected chi connectivity index (χ1v) is 7.61. The maximum absolute atomic E-state index is 12.9. The molecule has 0 atom stereocenters. The average molecular weight is 317 g/mol. The number of rotatable bonds is 4. The zero-order chi connectivity index (χ0) is 16.8. The Labute approximate surface area is 140 Å². The van der Waals surface area contributed by atoms with E-state index < -0.39 is 0 Å². The Morgan fingerprint density at radius 3 is 1.96 bits per heavy atom. The van der Waals surface area contributed by atoms with Crippen molar-refractivity contribution in [2.45, 2.75) is 0 Å². The van der Waals surface area contributed by atoms with Gasteiger partial charge >= 0.3 is 0 Å². The van der Waals surface area contributed by atoms with Crippen LogP contribution in [0.3, 0.4) is 0 Å². The molecule has 3 heteroatoms. The number of benzene rings is 3. The van der Waals surface area contributed by atoms with E-state index in [1.165, 1.54) is 24.3 Å². The third-order valence-corrected chi connectivity index (χ3v) is 3.54. The second-order valence-electron chi connectivity index (χ2n) is 5.33. The predicted octanol–water partition coefficient (Wildman–Crippen LogP) is 5.25. The summed E-state index contributed by atoms with van der Waals surface area (Å²) >= 11 is 0. The van der Waals surface area contributed by atoms with E-state index in [2.05, 4.69) is 5.32 Å². The van der Waals surface area contributed by atoms with E-state index in [0.717, 1.165) is 11.1 Å². The number of anilines is 1. The normalized spacial score (nSPS) is 10.7. The first-order valence-electron chi connectivity index (χ1n) is 7.61. The maximum Gasteiger partial charge on any atom is 0.255 e. The Morgan fingerprint density at radius 1 is 0.750 bits per heavy atom. The van der Waals surface area contributed by atoms with Crippen molar-refractivity contribution >= 4 is 23.7 Å². The second kappa shape index (κ2) is 7.38. The summed E-state index contributed by atoms with van der Waals surface area (Å²) in [5.74, 6) is -0.622. The second-order valence-corrected chi connectivity index (χ2v) is 5.33. The molecule has 0 heterocycles. The van der Waals surface area contributed by atoms with E-state index in [0.29, 0.717) is 11.3 Å². The Hall–Kier alpha value is -3.20. The minimum atomic E-state index is -0.360. The molecule has 0 saturated carbocycles. The first kappa shape index (κ1) is 15.7. The van der Waals surface area contributed by atoms with Crippen LogP contribution in [0.2, 0.25) is 0 Å². The summed E-state index contributed by atoms with van der Waals surface area (Å²) in [6.07, 6.45) is 4.05. The zero-order valence-electron chi connectivity index (χ0n) is 12.9. The van der Waals surface area contributed by atoms with E-state index in [-0.39, 0.29) is 11.7 Å². The minimum Gasteiger partial charge on any atom is -0.322 e. The zero-order valence-corrected chi connectivity index (χ0v) is 12.9. The Bertz CT molecular complexity index is 837. The van der Waals surface area contributed by atoms with E-state index in [9.17, 15) is 9.18 Å². The first-order chi connectivity index (χ1) is 11.7. The fourth-order valence-electron chi connectivity index (χ4n) is 2.24. The van der Waals surface area contributed by atoms with Crippen LogP contribution in [-0.4, -0.2) is 5.91 Å². The molecule has 0 aliphatic rings. The van der Waals surface area contributed by atoms with Gasteiger partial charge in [-0.2, -0.15) is 0 Å². The van der Waals surface area contributed by atoms with Gasteiger partial charge in [-0.1, -0.05) is 54.6 Å². The van der Waals surface area contributed by atoms with Gasteiger partial charge in [0.05, 0.1) is 0 Å². The summed E-state index contributed by atoms with van der Waals surface area (Å²) in [4.78, 5) is 12.1. The smallest absolute Gasteiger partial charge is 0.255 e. The molecule has 3 aromatic rings. The Balaban J connectivity index is 1.65. The van der Waals surface area contributed by atoms with Gasteiger partial charge < -0.3 is 5.32 Å². The molecule has 0 unspecified atom stereocenters. The lowest BCUT2D eigenvalue weighted by atomic mass is 10.1. The quantitative estimate of drug-likeness (QED) is 0.654. The van der Waals surface area contributed by atoms with Gasteiger partial charge in [-0.3, -0.25) is 4.79 Å². The van der Waals surface area contributed by atoms with Crippen LogP contribution in [-0.2, 0) is 0 Å². The lowest BCUT2D eigenvalue weighted by Crippen LogP contribution is -2.11. The number of nitrogens with one attached hydrogen (secondary N) is 1. The molecule has 0 radical (unpaired) electrons. The average Bonchev–Trinajstić information content (AvgIpc) is 2.62. The van der Waals surface area contributed by atoms with Crippen molar-refractivity contribution < 1.29 is 9.18 Å². The molecule has 0 spiro atoms. The van der Waals surface area contributed by atoms with Crippen LogP contribution in [0.25, 0.3) is 12.2 Å². The highest BCUT2D eigenvalue weighted by Gasteiger charge is 2.05. The molecule has 0 aromatic heterocycles. The minimum absolute atomic E-state index is 0.262. The molecule has 0 aliphatic carbocycles. The van der Waals surface area contributed by atoms with Gasteiger partial charge in [-0.15, -0.1) is 0 Å². The van der Waals surface area contributed by atoms with Crippen LogP contribution in [0.15, 0.2) is 78.9 Å². The molecule has 0 aliphatic heterocycles. The van der Waals surface area contributed by atoms with Crippen LogP contribution >= 0.6 is 0 Å². The van der Waals surface area contributed by atoms with E-state index in [1.54, 1.807) is 0 Å². The molecule has 1 amide bonds. The summed E-state index contributed by atoms with van der Waals surface area (Å²) in [7, 11) is 0. The fourth-order valence-corrected chi connectivity index (χ4v) is 2.24. The lowest BCUT2D eigenvalue weighted by molar-refractivity contribution is 0.102. The molecule has 0 fully saturated rings. The molecule has 118 valence electrons. The summed E-state index contributed by atoms with van der Waals surface area (Å²) in [5, 5.41) is 2.79. The number of halogens is 1. The highest BCUT2D eigenvalue weighted by molar-refractivity contribution is 6.04. The van der Waals surface area contributed by atoms with Gasteiger partial charge in [-0.25, -0.2) is 4.39 Å². The summed E-state index contributed by atoms with van der Waals surface area (Å²) in [5.41, 5.74) is 3.29. The van der Waals surface area contributed by atoms with Crippen molar-refractivity contribution in [2.24, 2.45) is 0 Å². The third kappa shape index (κ3) is 4.17. The molecular formula is C21H16FNO. The van der Waals surface area contributed by atoms with Gasteiger partial charge in [-0.05, 0) is 47.5 Å². The van der Waals surface area contributed by atoms with Gasteiger partial charge in [0.25, 0.3) is 5.91 Å². The fraction of sp³-hybridized carbons (Fsp3) is 0. The van der Waals surface area contributed by atoms with Crippen molar-refractivity contribution in [3.8, 4) is 0 Å². The molecule has 24 heavy (non-hydrogen) atoms.